The van der Waals surface area contributed by atoms with Crippen LogP contribution in [0.2, 0.25) is 0 Å². The molecule has 0 fully saturated rings. The highest BCUT2D eigenvalue weighted by Gasteiger charge is 2.30. The third-order valence-electron chi connectivity index (χ3n) is 8.44. The van der Waals surface area contributed by atoms with Crippen molar-refractivity contribution < 1.29 is 13.2 Å². The second kappa shape index (κ2) is 12.7. The molecular formula is C35H33N9O4S. The van der Waals surface area contributed by atoms with Gasteiger partial charge in [0.15, 0.2) is 11.5 Å². The molecule has 4 aromatic heterocycles. The number of benzene rings is 2. The second-order valence-corrected chi connectivity index (χ2v) is 13.3. The van der Waals surface area contributed by atoms with E-state index in [9.17, 15) is 18.0 Å². The molecule has 6 aromatic rings. The van der Waals surface area contributed by atoms with Crippen LogP contribution in [0.25, 0.3) is 22.1 Å². The van der Waals surface area contributed by atoms with Crippen LogP contribution in [-0.4, -0.2) is 49.8 Å². The summed E-state index contributed by atoms with van der Waals surface area (Å²) in [6, 6.07) is 14.2. The van der Waals surface area contributed by atoms with E-state index in [1.165, 1.54) is 10.7 Å². The van der Waals surface area contributed by atoms with E-state index in [4.69, 9.17) is 0 Å². The van der Waals surface area contributed by atoms with Gasteiger partial charge in [0.1, 0.15) is 5.56 Å². The third-order valence-corrected chi connectivity index (χ3v) is 9.57. The van der Waals surface area contributed by atoms with Crippen LogP contribution < -0.4 is 20.3 Å². The van der Waals surface area contributed by atoms with Crippen molar-refractivity contribution in [2.24, 2.45) is 7.05 Å². The molecule has 4 heterocycles. The van der Waals surface area contributed by atoms with Gasteiger partial charge < -0.3 is 5.32 Å². The smallest absolute Gasteiger partial charge is 0.300 e. The standard InChI is InChI=1S/C35H33N9O4S/c1-4-38-49(47,48)41-32-30(33-36-18-9-19-43(33)40-32)34(45)39-22(2)31-27-13-8-10-24-16-17-25(15-14-23-20-37-42(3)21-23)29(28(24)27)35(46)44(31)26-11-6-5-7-12-26/h5-7,9,11-12,16-22,38H,4,8,10,13H2,1-3H3,(H,39,45)(H,40,41)/t22-/m0/s1. The Hall–Kier alpha value is -5.78. The van der Waals surface area contributed by atoms with E-state index in [-0.39, 0.29) is 29.1 Å². The van der Waals surface area contributed by atoms with Gasteiger partial charge in [-0.15, -0.1) is 5.10 Å². The van der Waals surface area contributed by atoms with E-state index < -0.39 is 22.2 Å². The Labute approximate surface area is 282 Å². The molecule has 7 rings (SSSR count). The number of rotatable bonds is 8. The number of hydrogen-bond acceptors (Lipinski definition) is 7. The number of aromatic nitrogens is 6. The molecular weight excluding hydrogens is 643 g/mol. The number of anilines is 1. The minimum atomic E-state index is -4.02. The Balaban J connectivity index is 1.40. The first-order valence-electron chi connectivity index (χ1n) is 15.9. The van der Waals surface area contributed by atoms with Crippen molar-refractivity contribution in [1.82, 2.24) is 39.0 Å². The molecule has 0 aliphatic heterocycles. The number of carbonyl (C=O) groups excluding carboxylic acids is 1. The van der Waals surface area contributed by atoms with Gasteiger partial charge in [-0.3, -0.25) is 23.6 Å². The minimum absolute atomic E-state index is 0.0504. The summed E-state index contributed by atoms with van der Waals surface area (Å²) in [6.45, 7) is 3.60. The Morgan fingerprint density at radius 3 is 2.63 bits per heavy atom. The first kappa shape index (κ1) is 31.8. The van der Waals surface area contributed by atoms with Gasteiger partial charge in [0.2, 0.25) is 0 Å². The lowest BCUT2D eigenvalue weighted by molar-refractivity contribution is 0.0941. The van der Waals surface area contributed by atoms with Crippen molar-refractivity contribution in [2.45, 2.75) is 39.2 Å². The molecule has 0 bridgehead atoms. The van der Waals surface area contributed by atoms with Crippen LogP contribution >= 0.6 is 0 Å². The molecule has 1 amide bonds. The summed E-state index contributed by atoms with van der Waals surface area (Å²) in [5.41, 5.74) is 4.48. The summed E-state index contributed by atoms with van der Waals surface area (Å²) in [5, 5.41) is 12.9. The molecule has 2 aromatic carbocycles. The number of nitrogens with zero attached hydrogens (tertiary/aromatic N) is 6. The SMILES string of the molecule is CCNS(=O)(=O)Nc1nn2cccnc2c1C(=O)N[C@@H](C)c1c2c3c(ccc(C#Cc4cnn(C)c4)c3c(=O)n1-c1ccccc1)CCC2. The average molecular weight is 676 g/mol. The first-order valence-corrected chi connectivity index (χ1v) is 17.3. The molecule has 0 saturated heterocycles. The van der Waals surface area contributed by atoms with Crippen LogP contribution in [-0.2, 0) is 30.1 Å². The fourth-order valence-corrected chi connectivity index (χ4v) is 7.34. The Morgan fingerprint density at radius 2 is 1.88 bits per heavy atom. The Kier molecular flexibility index (Phi) is 8.23. The van der Waals surface area contributed by atoms with E-state index in [1.807, 2.05) is 62.6 Å². The number of hydrogen-bond donors (Lipinski definition) is 3. The summed E-state index contributed by atoms with van der Waals surface area (Å²) in [4.78, 5) is 33.2. The predicted octanol–water partition coefficient (Wildman–Crippen LogP) is 3.41. The second-order valence-electron chi connectivity index (χ2n) is 11.8. The van der Waals surface area contributed by atoms with Crippen LogP contribution in [0.1, 0.15) is 64.6 Å². The van der Waals surface area contributed by atoms with Crippen LogP contribution in [0.4, 0.5) is 5.82 Å². The summed E-state index contributed by atoms with van der Waals surface area (Å²) in [7, 11) is -2.20. The molecule has 1 aliphatic rings. The zero-order chi connectivity index (χ0) is 34.3. The van der Waals surface area contributed by atoms with Crippen LogP contribution in [0.3, 0.4) is 0 Å². The maximum Gasteiger partial charge on any atom is 0.300 e. The monoisotopic (exact) mass is 675 g/mol. The molecule has 3 N–H and O–H groups in total. The van der Waals surface area contributed by atoms with E-state index in [0.29, 0.717) is 28.8 Å². The first-order chi connectivity index (χ1) is 23.6. The molecule has 0 saturated carbocycles. The van der Waals surface area contributed by atoms with E-state index in [1.54, 1.807) is 34.6 Å². The molecule has 248 valence electrons. The molecule has 14 heteroatoms. The van der Waals surface area contributed by atoms with Gasteiger partial charge in [-0.05, 0) is 67.0 Å². The molecule has 1 aliphatic carbocycles. The van der Waals surface area contributed by atoms with Crippen molar-refractivity contribution in [2.75, 3.05) is 11.3 Å². The highest BCUT2D eigenvalue weighted by atomic mass is 32.2. The highest BCUT2D eigenvalue weighted by molar-refractivity contribution is 7.90. The minimum Gasteiger partial charge on any atom is -0.344 e. The van der Waals surface area contributed by atoms with Crippen molar-refractivity contribution in [3.63, 3.8) is 0 Å². The van der Waals surface area contributed by atoms with E-state index in [2.05, 4.69) is 41.8 Å². The number of amides is 1. The van der Waals surface area contributed by atoms with E-state index >= 15 is 0 Å². The van der Waals surface area contributed by atoms with Gasteiger partial charge in [-0.1, -0.05) is 43.0 Å². The maximum atomic E-state index is 14.8. The van der Waals surface area contributed by atoms with Crippen molar-refractivity contribution in [3.8, 4) is 17.5 Å². The number of fused-ring (bicyclic) bond motifs is 1. The summed E-state index contributed by atoms with van der Waals surface area (Å²) >= 11 is 0. The van der Waals surface area contributed by atoms with E-state index in [0.717, 1.165) is 34.9 Å². The lowest BCUT2D eigenvalue weighted by atomic mass is 9.85. The summed E-state index contributed by atoms with van der Waals surface area (Å²) in [6.07, 6.45) is 8.91. The Morgan fingerprint density at radius 1 is 1.06 bits per heavy atom. The highest BCUT2D eigenvalue weighted by Crippen LogP contribution is 2.36. The molecule has 0 unspecified atom stereocenters. The fraction of sp³-hybridized carbons (Fsp3) is 0.229. The third kappa shape index (κ3) is 5.94. The molecule has 0 spiro atoms. The molecule has 49 heavy (non-hydrogen) atoms. The van der Waals surface area contributed by atoms with Crippen LogP contribution in [0, 0.1) is 11.8 Å². The zero-order valence-corrected chi connectivity index (χ0v) is 27.9. The van der Waals surface area contributed by atoms with Crippen LogP contribution in [0.5, 0.6) is 0 Å². The van der Waals surface area contributed by atoms with Crippen molar-refractivity contribution in [3.05, 3.63) is 117 Å². The van der Waals surface area contributed by atoms with Crippen molar-refractivity contribution >= 4 is 38.4 Å². The van der Waals surface area contributed by atoms with Gasteiger partial charge in [0, 0.05) is 43.4 Å². The number of nitrogens with one attached hydrogen (secondary N) is 3. The predicted molar refractivity (Wildman–Crippen MR) is 186 cm³/mol. The summed E-state index contributed by atoms with van der Waals surface area (Å²) < 4.78 is 34.7. The molecule has 13 nitrogen and oxygen atoms in total. The van der Waals surface area contributed by atoms with Gasteiger partial charge in [0.05, 0.1) is 28.9 Å². The van der Waals surface area contributed by atoms with Gasteiger partial charge in [-0.25, -0.2) is 9.50 Å². The van der Waals surface area contributed by atoms with Gasteiger partial charge in [-0.2, -0.15) is 18.2 Å². The zero-order valence-electron chi connectivity index (χ0n) is 27.1. The van der Waals surface area contributed by atoms with Crippen LogP contribution in [0.15, 0.2) is 78.1 Å². The maximum absolute atomic E-state index is 14.8. The van der Waals surface area contributed by atoms with Gasteiger partial charge in [0.25, 0.3) is 21.7 Å². The largest absolute Gasteiger partial charge is 0.344 e. The fourth-order valence-electron chi connectivity index (χ4n) is 6.49. The number of carbonyl (C=O) groups is 1. The topological polar surface area (TPSA) is 157 Å². The average Bonchev–Trinajstić information content (AvgIpc) is 3.67. The lowest BCUT2D eigenvalue weighted by Gasteiger charge is -2.28. The van der Waals surface area contributed by atoms with Gasteiger partial charge >= 0.3 is 0 Å². The molecule has 1 atom stereocenters. The lowest BCUT2D eigenvalue weighted by Crippen LogP contribution is -2.35. The normalized spacial score (nSPS) is 13.2. The van der Waals surface area contributed by atoms with Crippen molar-refractivity contribution in [1.29, 1.82) is 0 Å². The number of aryl methyl sites for hydroxylation is 3. The molecule has 0 radical (unpaired) electrons. The Bertz CT molecular complexity index is 2490. The summed E-state index contributed by atoms with van der Waals surface area (Å²) in [5.74, 6) is 5.59. The number of para-hydroxylation sites is 1. The number of pyridine rings is 1. The quantitative estimate of drug-likeness (QED) is 0.209.